The first-order chi connectivity index (χ1) is 14.0. The van der Waals surface area contributed by atoms with Crippen LogP contribution in [0.1, 0.15) is 37.2 Å². The molecule has 136 valence electrons. The largest absolute Gasteiger partial charge is 0.493 e. The van der Waals surface area contributed by atoms with Crippen molar-refractivity contribution in [2.24, 2.45) is 0 Å². The van der Waals surface area contributed by atoms with E-state index in [1.165, 1.54) is 25.3 Å². The number of benzene rings is 2. The van der Waals surface area contributed by atoms with Crippen LogP contribution in [0, 0.1) is 6.92 Å². The molecule has 1 atom stereocenters. The molecule has 0 aromatic heterocycles. The van der Waals surface area contributed by atoms with Gasteiger partial charge in [0.05, 0.1) is 24.4 Å². The predicted molar refractivity (Wildman–Crippen MR) is 99.8 cm³/mol. The lowest BCUT2D eigenvalue weighted by atomic mass is 10.0. The van der Waals surface area contributed by atoms with E-state index in [2.05, 4.69) is 0 Å². The van der Waals surface area contributed by atoms with Crippen LogP contribution in [0.15, 0.2) is 42.5 Å². The number of rotatable bonds is 10. The lowest BCUT2D eigenvalue weighted by Gasteiger charge is -2.13. The molecule has 0 saturated heterocycles. The van der Waals surface area contributed by atoms with E-state index < -0.39 is 19.5 Å². The second-order valence-electron chi connectivity index (χ2n) is 5.82. The van der Waals surface area contributed by atoms with Crippen molar-refractivity contribution in [1.82, 2.24) is 0 Å². The number of aliphatic hydroxyl groups excluding tert-OH is 1. The molecule has 0 spiro atoms. The van der Waals surface area contributed by atoms with Crippen LogP contribution < -0.4 is 14.2 Å². The number of aliphatic hydroxyl groups is 1. The first-order valence-corrected chi connectivity index (χ1v) is 8.25. The minimum absolute atomic E-state index is 0.0285. The summed E-state index contributed by atoms with van der Waals surface area (Å²) in [5.74, 6) is 0.871. The third-order valence-electron chi connectivity index (χ3n) is 3.75. The third-order valence-corrected chi connectivity index (χ3v) is 3.75. The van der Waals surface area contributed by atoms with Gasteiger partial charge in [0.2, 0.25) is 0 Å². The average molecular weight is 349 g/mol. The molecular formula is C21H28O4. The summed E-state index contributed by atoms with van der Waals surface area (Å²) in [5.41, 5.74) is 1.42. The third kappa shape index (κ3) is 6.31. The Morgan fingerprint density at radius 3 is 2.76 bits per heavy atom. The lowest BCUT2D eigenvalue weighted by molar-refractivity contribution is 0.0976. The number of aryl methyl sites for hydroxylation is 2. The Morgan fingerprint density at radius 1 is 1.12 bits per heavy atom. The molecule has 25 heavy (non-hydrogen) atoms. The highest BCUT2D eigenvalue weighted by atomic mass is 16.5. The van der Waals surface area contributed by atoms with Gasteiger partial charge in [-0.25, -0.2) is 0 Å². The summed E-state index contributed by atoms with van der Waals surface area (Å²) in [6.07, 6.45) is -1.37. The Labute approximate surface area is 157 Å². The van der Waals surface area contributed by atoms with E-state index in [-0.39, 0.29) is 24.5 Å². The lowest BCUT2D eigenvalue weighted by Crippen LogP contribution is -2.17. The summed E-state index contributed by atoms with van der Waals surface area (Å²) in [7, 11) is -1.25. The zero-order valence-corrected chi connectivity index (χ0v) is 14.6. The van der Waals surface area contributed by atoms with E-state index in [0.29, 0.717) is 24.2 Å². The smallest absolute Gasteiger partial charge is 0.160 e. The SMILES string of the molecule is [2H]C([2H])([2H])Oc1ccc(C([2H])([2H])CCCC(O)COc2cccc(C)c2)cc1OC. The van der Waals surface area contributed by atoms with Crippen LogP contribution in [-0.2, 0) is 6.37 Å². The fourth-order valence-corrected chi connectivity index (χ4v) is 2.41. The van der Waals surface area contributed by atoms with Gasteiger partial charge in [-0.3, -0.25) is 0 Å². The highest BCUT2D eigenvalue weighted by Gasteiger charge is 2.07. The van der Waals surface area contributed by atoms with E-state index in [0.717, 1.165) is 5.56 Å². The molecule has 0 bridgehead atoms. The normalized spacial score (nSPS) is 15.9. The van der Waals surface area contributed by atoms with E-state index in [1.54, 1.807) is 0 Å². The van der Waals surface area contributed by atoms with Crippen LogP contribution in [-0.4, -0.2) is 32.0 Å². The molecule has 1 N–H and O–H groups in total. The molecule has 2 aromatic carbocycles. The van der Waals surface area contributed by atoms with Crippen molar-refractivity contribution < 1.29 is 26.2 Å². The van der Waals surface area contributed by atoms with Gasteiger partial charge < -0.3 is 19.3 Å². The fourth-order valence-electron chi connectivity index (χ4n) is 2.41. The van der Waals surface area contributed by atoms with Crippen LogP contribution in [0.5, 0.6) is 17.2 Å². The minimum atomic E-state index is -2.62. The van der Waals surface area contributed by atoms with Crippen LogP contribution >= 0.6 is 0 Å². The van der Waals surface area contributed by atoms with Crippen molar-refractivity contribution in [2.75, 3.05) is 20.8 Å². The van der Waals surface area contributed by atoms with E-state index in [1.807, 2.05) is 31.2 Å². The Bertz CT molecular complexity index is 823. The number of hydrogen-bond donors (Lipinski definition) is 1. The maximum absolute atomic E-state index is 10.1. The summed E-state index contributed by atoms with van der Waals surface area (Å²) in [4.78, 5) is 0. The van der Waals surface area contributed by atoms with Crippen molar-refractivity contribution >= 4 is 0 Å². The van der Waals surface area contributed by atoms with E-state index in [9.17, 15) is 5.11 Å². The molecule has 0 aliphatic carbocycles. The van der Waals surface area contributed by atoms with Crippen LogP contribution in [0.25, 0.3) is 0 Å². The Balaban J connectivity index is 1.89. The highest BCUT2D eigenvalue weighted by Crippen LogP contribution is 2.28. The van der Waals surface area contributed by atoms with Gasteiger partial charge in [-0.2, -0.15) is 0 Å². The monoisotopic (exact) mass is 349 g/mol. The van der Waals surface area contributed by atoms with Gasteiger partial charge >= 0.3 is 0 Å². The minimum Gasteiger partial charge on any atom is -0.493 e. The quantitative estimate of drug-likeness (QED) is 0.699. The molecule has 0 aliphatic rings. The van der Waals surface area contributed by atoms with Crippen molar-refractivity contribution in [1.29, 1.82) is 0 Å². The van der Waals surface area contributed by atoms with Gasteiger partial charge in [-0.15, -0.1) is 0 Å². The molecule has 2 rings (SSSR count). The topological polar surface area (TPSA) is 47.9 Å². The van der Waals surface area contributed by atoms with Crippen molar-refractivity contribution in [2.45, 2.75) is 38.7 Å². The van der Waals surface area contributed by atoms with Crippen LogP contribution in [0.3, 0.4) is 0 Å². The summed E-state index contributed by atoms with van der Waals surface area (Å²) >= 11 is 0. The number of methoxy groups -OCH3 is 2. The summed E-state index contributed by atoms with van der Waals surface area (Å²) in [5, 5.41) is 10.1. The second kappa shape index (κ2) is 9.94. The Kier molecular flexibility index (Phi) is 5.20. The van der Waals surface area contributed by atoms with E-state index in [4.69, 9.17) is 21.1 Å². The zero-order valence-electron chi connectivity index (χ0n) is 19.6. The molecule has 0 aliphatic heterocycles. The maximum Gasteiger partial charge on any atom is 0.160 e. The molecular weight excluding hydrogens is 316 g/mol. The van der Waals surface area contributed by atoms with Gasteiger partial charge in [0.15, 0.2) is 11.5 Å². The molecule has 0 amide bonds. The standard InChI is InChI=1S/C21H28O4/c1-16-7-6-10-19(13-16)25-15-18(22)9-5-4-8-17-11-12-20(23-2)21(14-17)24-3/h6-7,10-14,18,22H,4-5,8-9,15H2,1-3H3/i2D3,8D2. The van der Waals surface area contributed by atoms with Gasteiger partial charge in [-0.1, -0.05) is 24.6 Å². The summed E-state index contributed by atoms with van der Waals surface area (Å²) in [6, 6.07) is 11.9. The Morgan fingerprint density at radius 2 is 2.00 bits per heavy atom. The van der Waals surface area contributed by atoms with Crippen molar-refractivity contribution in [3.8, 4) is 17.2 Å². The van der Waals surface area contributed by atoms with Gasteiger partial charge in [0.1, 0.15) is 12.4 Å². The molecule has 0 heterocycles. The predicted octanol–water partition coefficient (Wildman–Crippen LogP) is 4.16. The summed E-state index contributed by atoms with van der Waals surface area (Å²) < 4.78 is 53.9. The molecule has 0 radical (unpaired) electrons. The van der Waals surface area contributed by atoms with Crippen LogP contribution in [0.4, 0.5) is 0 Å². The van der Waals surface area contributed by atoms with E-state index >= 15 is 0 Å². The molecule has 4 nitrogen and oxygen atoms in total. The number of ether oxygens (including phenoxy) is 3. The molecule has 4 heteroatoms. The van der Waals surface area contributed by atoms with Gasteiger partial charge in [0.25, 0.3) is 0 Å². The van der Waals surface area contributed by atoms with Gasteiger partial charge in [0, 0.05) is 2.74 Å². The molecule has 2 aromatic rings. The maximum atomic E-state index is 10.1. The second-order valence-corrected chi connectivity index (χ2v) is 5.82. The number of hydrogen-bond acceptors (Lipinski definition) is 4. The highest BCUT2D eigenvalue weighted by molar-refractivity contribution is 5.42. The Hall–Kier alpha value is -2.20. The first kappa shape index (κ1) is 13.1. The molecule has 1 unspecified atom stereocenters. The molecule has 0 fully saturated rings. The van der Waals surface area contributed by atoms with Gasteiger partial charge in [-0.05, 0) is 61.5 Å². The average Bonchev–Trinajstić information content (AvgIpc) is 2.65. The van der Waals surface area contributed by atoms with Crippen molar-refractivity contribution in [3.63, 3.8) is 0 Å². The first-order valence-electron chi connectivity index (χ1n) is 10.8. The summed E-state index contributed by atoms with van der Waals surface area (Å²) in [6.45, 7) is 2.10. The van der Waals surface area contributed by atoms with Crippen molar-refractivity contribution in [3.05, 3.63) is 53.6 Å². The molecule has 0 saturated carbocycles. The van der Waals surface area contributed by atoms with Crippen LogP contribution in [0.2, 0.25) is 0 Å². The zero-order chi connectivity index (χ0) is 22.4. The fraction of sp³-hybridized carbons (Fsp3) is 0.429.